The third-order valence-electron chi connectivity index (χ3n) is 6.26. The Kier molecular flexibility index (Phi) is 6.23. The van der Waals surface area contributed by atoms with Gasteiger partial charge in [-0.3, -0.25) is 14.0 Å². The van der Waals surface area contributed by atoms with Crippen LogP contribution in [-0.2, 0) is 20.1 Å². The van der Waals surface area contributed by atoms with E-state index in [1.807, 2.05) is 32.9 Å². The molecule has 4 heterocycles. The summed E-state index contributed by atoms with van der Waals surface area (Å²) >= 11 is 6.20. The van der Waals surface area contributed by atoms with E-state index in [9.17, 15) is 9.90 Å². The molecule has 0 saturated heterocycles. The number of benzene rings is 1. The van der Waals surface area contributed by atoms with Crippen molar-refractivity contribution < 1.29 is 5.11 Å². The van der Waals surface area contributed by atoms with Crippen molar-refractivity contribution in [1.82, 2.24) is 34.1 Å². The van der Waals surface area contributed by atoms with Gasteiger partial charge in [-0.15, -0.1) is 5.10 Å². The van der Waals surface area contributed by atoms with Gasteiger partial charge < -0.3 is 10.4 Å². The van der Waals surface area contributed by atoms with Crippen LogP contribution in [0.2, 0.25) is 5.15 Å². The van der Waals surface area contributed by atoms with Gasteiger partial charge >= 0.3 is 0 Å². The molecular weight excluding hydrogens is 480 g/mol. The van der Waals surface area contributed by atoms with E-state index in [0.717, 1.165) is 27.6 Å². The Labute approximate surface area is 212 Å². The largest absolute Gasteiger partial charge is 0.394 e. The van der Waals surface area contributed by atoms with Crippen LogP contribution in [0, 0.1) is 6.92 Å². The first-order valence-electron chi connectivity index (χ1n) is 11.7. The number of aryl methyl sites for hydroxylation is 3. The third-order valence-corrected chi connectivity index (χ3v) is 6.48. The van der Waals surface area contributed by atoms with Crippen LogP contribution in [-0.4, -0.2) is 45.8 Å². The lowest BCUT2D eigenvalue weighted by molar-refractivity contribution is 0.271. The highest BCUT2D eigenvalue weighted by Crippen LogP contribution is 2.34. The highest BCUT2D eigenvalue weighted by molar-refractivity contribution is 6.29. The number of hydrogen-bond acceptors (Lipinski definition) is 7. The van der Waals surface area contributed by atoms with Crippen molar-refractivity contribution in [3.05, 3.63) is 63.4 Å². The van der Waals surface area contributed by atoms with Gasteiger partial charge in [0.05, 0.1) is 25.0 Å². The van der Waals surface area contributed by atoms with Gasteiger partial charge in [0.25, 0.3) is 5.56 Å². The number of halogens is 1. The van der Waals surface area contributed by atoms with E-state index in [1.165, 1.54) is 0 Å². The molecule has 0 bridgehead atoms. The van der Waals surface area contributed by atoms with Crippen LogP contribution in [0.1, 0.15) is 31.0 Å². The van der Waals surface area contributed by atoms with Crippen molar-refractivity contribution in [2.45, 2.75) is 39.9 Å². The molecule has 0 aliphatic rings. The number of aromatic nitrogens is 7. The molecule has 36 heavy (non-hydrogen) atoms. The van der Waals surface area contributed by atoms with Gasteiger partial charge in [-0.05, 0) is 50.1 Å². The first-order chi connectivity index (χ1) is 17.3. The Morgan fingerprint density at radius 2 is 2.03 bits per heavy atom. The summed E-state index contributed by atoms with van der Waals surface area (Å²) in [4.78, 5) is 22.4. The van der Waals surface area contributed by atoms with Crippen LogP contribution < -0.4 is 10.9 Å². The minimum Gasteiger partial charge on any atom is -0.394 e. The summed E-state index contributed by atoms with van der Waals surface area (Å²) in [7, 11) is 1.79. The Morgan fingerprint density at radius 1 is 1.22 bits per heavy atom. The predicted molar refractivity (Wildman–Crippen MR) is 140 cm³/mol. The van der Waals surface area contributed by atoms with E-state index in [2.05, 4.69) is 31.5 Å². The van der Waals surface area contributed by atoms with E-state index in [4.69, 9.17) is 11.6 Å². The quantitative estimate of drug-likeness (QED) is 0.323. The number of aliphatic hydroxyl groups is 1. The van der Waals surface area contributed by atoms with Crippen molar-refractivity contribution in [2.75, 3.05) is 11.9 Å². The topological polar surface area (TPSA) is 116 Å². The van der Waals surface area contributed by atoms with Gasteiger partial charge in [-0.1, -0.05) is 17.7 Å². The van der Waals surface area contributed by atoms with Crippen molar-refractivity contribution in [2.24, 2.45) is 7.05 Å². The van der Waals surface area contributed by atoms with Crippen molar-refractivity contribution in [3.63, 3.8) is 0 Å². The summed E-state index contributed by atoms with van der Waals surface area (Å²) < 4.78 is 5.02. The molecule has 11 heteroatoms. The zero-order valence-electron chi connectivity index (χ0n) is 20.5. The SMILES string of the molecule is CCn1c(=O)c2cc(C)cc(C(C)Nc3ccc(Cl)nc3-c3ncn(C)n3)c2c2cnn(CCO)c21. The van der Waals surface area contributed by atoms with Gasteiger partial charge in [0.1, 0.15) is 22.8 Å². The lowest BCUT2D eigenvalue weighted by Crippen LogP contribution is -2.23. The molecular formula is C25H27ClN8O2. The lowest BCUT2D eigenvalue weighted by Gasteiger charge is -2.21. The number of pyridine rings is 2. The number of nitrogens with one attached hydrogen (secondary N) is 1. The van der Waals surface area contributed by atoms with Crippen LogP contribution in [0.15, 0.2) is 41.6 Å². The van der Waals surface area contributed by atoms with E-state index in [-0.39, 0.29) is 18.2 Å². The Balaban J connectivity index is 1.70. The van der Waals surface area contributed by atoms with E-state index in [0.29, 0.717) is 40.8 Å². The number of aliphatic hydroxyl groups excluding tert-OH is 1. The summed E-state index contributed by atoms with van der Waals surface area (Å²) in [6.07, 6.45) is 3.39. The summed E-state index contributed by atoms with van der Waals surface area (Å²) in [5.74, 6) is 0.460. The van der Waals surface area contributed by atoms with Gasteiger partial charge in [0.2, 0.25) is 5.82 Å². The average Bonchev–Trinajstić information content (AvgIpc) is 3.47. The fraction of sp³-hybridized carbons (Fsp3) is 0.320. The molecule has 0 radical (unpaired) electrons. The summed E-state index contributed by atoms with van der Waals surface area (Å²) in [6, 6.07) is 7.37. The molecule has 0 aliphatic carbocycles. The summed E-state index contributed by atoms with van der Waals surface area (Å²) in [6.45, 7) is 6.69. The zero-order valence-corrected chi connectivity index (χ0v) is 21.3. The molecule has 186 valence electrons. The highest BCUT2D eigenvalue weighted by Gasteiger charge is 2.22. The molecule has 0 fully saturated rings. The van der Waals surface area contributed by atoms with Crippen LogP contribution >= 0.6 is 11.6 Å². The smallest absolute Gasteiger partial charge is 0.260 e. The molecule has 1 aromatic carbocycles. The fourth-order valence-electron chi connectivity index (χ4n) is 4.74. The van der Waals surface area contributed by atoms with E-state index in [1.54, 1.807) is 39.6 Å². The second-order valence-electron chi connectivity index (χ2n) is 8.79. The van der Waals surface area contributed by atoms with Gasteiger partial charge in [-0.2, -0.15) is 5.10 Å². The average molecular weight is 507 g/mol. The molecule has 4 aromatic heterocycles. The first-order valence-corrected chi connectivity index (χ1v) is 12.1. The molecule has 0 saturated carbocycles. The highest BCUT2D eigenvalue weighted by atomic mass is 35.5. The number of anilines is 1. The maximum Gasteiger partial charge on any atom is 0.260 e. The molecule has 5 rings (SSSR count). The predicted octanol–water partition coefficient (Wildman–Crippen LogP) is 3.69. The molecule has 0 amide bonds. The second kappa shape index (κ2) is 9.36. The first kappa shape index (κ1) is 24.0. The van der Waals surface area contributed by atoms with E-state index < -0.39 is 0 Å². The molecule has 1 atom stereocenters. The molecule has 0 spiro atoms. The van der Waals surface area contributed by atoms with Gasteiger partial charge in [0.15, 0.2) is 0 Å². The molecule has 0 aliphatic heterocycles. The summed E-state index contributed by atoms with van der Waals surface area (Å²) in [5.41, 5.74) is 3.82. The van der Waals surface area contributed by atoms with Gasteiger partial charge in [0, 0.05) is 35.8 Å². The molecule has 10 nitrogen and oxygen atoms in total. The van der Waals surface area contributed by atoms with Crippen molar-refractivity contribution in [3.8, 4) is 11.5 Å². The third kappa shape index (κ3) is 4.02. The standard InChI is InChI=1S/C25H27ClN8O2/c1-5-33-24-18(12-28-34(24)8-9-35)21-16(10-14(2)11-17(21)25(33)36)15(3)29-19-6-7-20(26)30-22(19)23-27-13-32(4)31-23/h6-7,10-13,15,29,35H,5,8-9H2,1-4H3. The lowest BCUT2D eigenvalue weighted by atomic mass is 9.95. The normalized spacial score (nSPS) is 12.5. The van der Waals surface area contributed by atoms with Gasteiger partial charge in [-0.25, -0.2) is 14.6 Å². The number of nitrogens with zero attached hydrogens (tertiary/aromatic N) is 7. The second-order valence-corrected chi connectivity index (χ2v) is 9.18. The number of rotatable bonds is 7. The summed E-state index contributed by atoms with van der Waals surface area (Å²) in [5, 5.41) is 24.6. The molecule has 2 N–H and O–H groups in total. The minimum atomic E-state index is -0.209. The van der Waals surface area contributed by atoms with Crippen molar-refractivity contribution in [1.29, 1.82) is 0 Å². The van der Waals surface area contributed by atoms with Crippen LogP contribution in [0.3, 0.4) is 0 Å². The monoisotopic (exact) mass is 506 g/mol. The number of hydrogen-bond donors (Lipinski definition) is 2. The van der Waals surface area contributed by atoms with Crippen LogP contribution in [0.5, 0.6) is 0 Å². The molecule has 1 unspecified atom stereocenters. The maximum atomic E-state index is 13.6. The number of fused-ring (bicyclic) bond motifs is 3. The Bertz CT molecular complexity index is 1650. The maximum absolute atomic E-state index is 13.6. The zero-order chi connectivity index (χ0) is 25.6. The fourth-order valence-corrected chi connectivity index (χ4v) is 4.89. The van der Waals surface area contributed by atoms with Crippen LogP contribution in [0.4, 0.5) is 5.69 Å². The van der Waals surface area contributed by atoms with Crippen molar-refractivity contribution >= 4 is 39.1 Å². The van der Waals surface area contributed by atoms with Crippen LogP contribution in [0.25, 0.3) is 33.3 Å². The Hall–Kier alpha value is -3.76. The molecule has 5 aromatic rings. The Morgan fingerprint density at radius 3 is 2.72 bits per heavy atom. The minimum absolute atomic E-state index is 0.0701. The van der Waals surface area contributed by atoms with E-state index >= 15 is 0 Å².